The van der Waals surface area contributed by atoms with Gasteiger partial charge in [0.25, 0.3) is 5.56 Å². The Balaban J connectivity index is 2.48. The predicted molar refractivity (Wildman–Crippen MR) is 84.9 cm³/mol. The number of nitriles is 1. The van der Waals surface area contributed by atoms with Gasteiger partial charge in [-0.3, -0.25) is 14.2 Å². The van der Waals surface area contributed by atoms with Crippen molar-refractivity contribution in [1.29, 1.82) is 5.26 Å². The molecule has 5 heteroatoms. The minimum Gasteiger partial charge on any atom is -0.325 e. The molecule has 0 aliphatic carbocycles. The van der Waals surface area contributed by atoms with Crippen LogP contribution >= 0.6 is 0 Å². The molecule has 0 atom stereocenters. The van der Waals surface area contributed by atoms with Crippen LogP contribution < -0.4 is 5.56 Å². The Bertz CT molecular complexity index is 1140. The molecular formula is C17H12N4O. The van der Waals surface area contributed by atoms with Gasteiger partial charge in [-0.15, -0.1) is 0 Å². The molecule has 0 saturated carbocycles. The topological polar surface area (TPSA) is 63.1 Å². The Morgan fingerprint density at radius 1 is 1.18 bits per heavy atom. The van der Waals surface area contributed by atoms with Crippen LogP contribution in [0.3, 0.4) is 0 Å². The molecule has 4 rings (SSSR count). The molecule has 3 aromatic heterocycles. The van der Waals surface area contributed by atoms with Crippen molar-refractivity contribution in [1.82, 2.24) is 14.0 Å². The molecule has 106 valence electrons. The van der Waals surface area contributed by atoms with Crippen LogP contribution in [0.15, 0.2) is 47.4 Å². The van der Waals surface area contributed by atoms with Gasteiger partial charge in [-0.2, -0.15) is 5.26 Å². The highest BCUT2D eigenvalue weighted by Crippen LogP contribution is 2.25. The molecule has 0 N–H and O–H groups in total. The zero-order valence-corrected chi connectivity index (χ0v) is 11.9. The fraction of sp³-hybridized carbons (Fsp3) is 0.118. The molecule has 0 bridgehead atoms. The van der Waals surface area contributed by atoms with Gasteiger partial charge < -0.3 is 4.57 Å². The number of benzene rings is 1. The number of aryl methyl sites for hydroxylation is 1. The number of hydrogen-bond donors (Lipinski definition) is 0. The minimum atomic E-state index is -0.138. The second-order valence-electron chi connectivity index (χ2n) is 5.08. The van der Waals surface area contributed by atoms with Crippen LogP contribution in [0.5, 0.6) is 0 Å². The first kappa shape index (κ1) is 12.6. The number of fused-ring (bicyclic) bond motifs is 4. The normalized spacial score (nSPS) is 11.3. The molecule has 4 aromatic rings. The van der Waals surface area contributed by atoms with Crippen molar-refractivity contribution in [2.24, 2.45) is 0 Å². The number of para-hydroxylation sites is 2. The van der Waals surface area contributed by atoms with E-state index in [2.05, 4.69) is 11.1 Å². The number of rotatable bonds is 1. The molecular weight excluding hydrogens is 276 g/mol. The van der Waals surface area contributed by atoms with Crippen molar-refractivity contribution in [3.8, 4) is 6.07 Å². The Morgan fingerprint density at radius 2 is 1.95 bits per heavy atom. The molecule has 0 amide bonds. The second kappa shape index (κ2) is 4.43. The van der Waals surface area contributed by atoms with Gasteiger partial charge >= 0.3 is 0 Å². The van der Waals surface area contributed by atoms with Gasteiger partial charge in [0.05, 0.1) is 21.9 Å². The van der Waals surface area contributed by atoms with E-state index in [4.69, 9.17) is 0 Å². The summed E-state index contributed by atoms with van der Waals surface area (Å²) in [6.45, 7) is 2.67. The monoisotopic (exact) mass is 288 g/mol. The van der Waals surface area contributed by atoms with E-state index < -0.39 is 0 Å². The van der Waals surface area contributed by atoms with Gasteiger partial charge in [0.15, 0.2) is 0 Å². The minimum absolute atomic E-state index is 0.138. The fourth-order valence-corrected chi connectivity index (χ4v) is 3.11. The van der Waals surface area contributed by atoms with Crippen molar-refractivity contribution in [3.05, 3.63) is 58.5 Å². The lowest BCUT2D eigenvalue weighted by molar-refractivity contribution is 0.813. The molecule has 3 heterocycles. The molecule has 0 saturated heterocycles. The van der Waals surface area contributed by atoms with E-state index >= 15 is 0 Å². The number of hydrogen-bond acceptors (Lipinski definition) is 3. The summed E-state index contributed by atoms with van der Waals surface area (Å²) in [5.41, 5.74) is 3.13. The first-order chi connectivity index (χ1) is 10.8. The molecule has 0 unspecified atom stereocenters. The second-order valence-corrected chi connectivity index (χ2v) is 5.08. The Morgan fingerprint density at radius 3 is 2.68 bits per heavy atom. The summed E-state index contributed by atoms with van der Waals surface area (Å²) in [4.78, 5) is 17.2. The molecule has 0 fully saturated rings. The fourth-order valence-electron chi connectivity index (χ4n) is 3.11. The summed E-state index contributed by atoms with van der Waals surface area (Å²) >= 11 is 0. The van der Waals surface area contributed by atoms with Gasteiger partial charge in [0, 0.05) is 12.7 Å². The van der Waals surface area contributed by atoms with E-state index in [0.29, 0.717) is 28.7 Å². The lowest BCUT2D eigenvalue weighted by Gasteiger charge is -2.06. The van der Waals surface area contributed by atoms with Gasteiger partial charge in [0.2, 0.25) is 0 Å². The summed E-state index contributed by atoms with van der Waals surface area (Å²) in [6, 6.07) is 13.4. The highest BCUT2D eigenvalue weighted by molar-refractivity contribution is 5.93. The lowest BCUT2D eigenvalue weighted by Crippen LogP contribution is -2.15. The zero-order valence-electron chi connectivity index (χ0n) is 11.9. The number of nitrogens with zero attached hydrogens (tertiary/aromatic N) is 4. The van der Waals surface area contributed by atoms with E-state index in [1.807, 2.05) is 35.8 Å². The smallest absolute Gasteiger partial charge is 0.266 e. The molecule has 0 aliphatic heterocycles. The van der Waals surface area contributed by atoms with E-state index in [-0.39, 0.29) is 5.56 Å². The average Bonchev–Trinajstić information content (AvgIpc) is 2.90. The Kier molecular flexibility index (Phi) is 2.54. The highest BCUT2D eigenvalue weighted by atomic mass is 16.1. The van der Waals surface area contributed by atoms with Crippen LogP contribution in [0.4, 0.5) is 0 Å². The Hall–Kier alpha value is -3.13. The SMILES string of the molecule is CCn1c2ccccc2n2c(=O)c3cccnc3c(C#N)c12. The van der Waals surface area contributed by atoms with Crippen LogP contribution in [0.1, 0.15) is 12.5 Å². The maximum absolute atomic E-state index is 12.9. The standard InChI is InChI=1S/C17H12N4O/c1-2-20-13-7-3-4-8-14(13)21-16(20)12(10-18)15-11(17(21)22)6-5-9-19-15/h3-9H,2H2,1H3. The number of aromatic nitrogens is 3. The van der Waals surface area contributed by atoms with Gasteiger partial charge in [-0.1, -0.05) is 12.1 Å². The van der Waals surface area contributed by atoms with Gasteiger partial charge in [-0.25, -0.2) is 0 Å². The Labute approximate surface area is 125 Å². The lowest BCUT2D eigenvalue weighted by atomic mass is 10.2. The van der Waals surface area contributed by atoms with Crippen LogP contribution in [0, 0.1) is 11.3 Å². The molecule has 22 heavy (non-hydrogen) atoms. The molecule has 1 aromatic carbocycles. The summed E-state index contributed by atoms with van der Waals surface area (Å²) in [5.74, 6) is 0. The zero-order chi connectivity index (χ0) is 15.3. The van der Waals surface area contributed by atoms with E-state index in [9.17, 15) is 10.1 Å². The first-order valence-electron chi connectivity index (χ1n) is 7.08. The van der Waals surface area contributed by atoms with Crippen molar-refractivity contribution in [2.45, 2.75) is 13.5 Å². The number of pyridine rings is 2. The third kappa shape index (κ3) is 1.41. The average molecular weight is 288 g/mol. The van der Waals surface area contributed by atoms with Crippen molar-refractivity contribution in [3.63, 3.8) is 0 Å². The van der Waals surface area contributed by atoms with Crippen molar-refractivity contribution in [2.75, 3.05) is 0 Å². The largest absolute Gasteiger partial charge is 0.325 e. The third-order valence-electron chi connectivity index (χ3n) is 4.01. The quantitative estimate of drug-likeness (QED) is 0.541. The van der Waals surface area contributed by atoms with Crippen LogP contribution in [0.25, 0.3) is 27.6 Å². The van der Waals surface area contributed by atoms with Gasteiger partial charge in [0.1, 0.15) is 17.3 Å². The maximum atomic E-state index is 12.9. The molecule has 0 spiro atoms. The van der Waals surface area contributed by atoms with Crippen LogP contribution in [0.2, 0.25) is 0 Å². The predicted octanol–water partition coefficient (Wildman–Crippen LogP) is 2.69. The summed E-state index contributed by atoms with van der Waals surface area (Å²) in [7, 11) is 0. The summed E-state index contributed by atoms with van der Waals surface area (Å²) in [5, 5.41) is 10.1. The van der Waals surface area contributed by atoms with Crippen molar-refractivity contribution < 1.29 is 0 Å². The highest BCUT2D eigenvalue weighted by Gasteiger charge is 2.19. The van der Waals surface area contributed by atoms with Crippen LogP contribution in [-0.2, 0) is 6.54 Å². The molecule has 0 aliphatic rings. The number of imidazole rings is 1. The molecule has 5 nitrogen and oxygen atoms in total. The van der Waals surface area contributed by atoms with Gasteiger partial charge in [-0.05, 0) is 31.2 Å². The summed E-state index contributed by atoms with van der Waals surface area (Å²) < 4.78 is 3.62. The van der Waals surface area contributed by atoms with E-state index in [0.717, 1.165) is 11.0 Å². The van der Waals surface area contributed by atoms with Crippen LogP contribution in [-0.4, -0.2) is 14.0 Å². The van der Waals surface area contributed by atoms with E-state index in [1.54, 1.807) is 22.7 Å². The third-order valence-corrected chi connectivity index (χ3v) is 4.01. The van der Waals surface area contributed by atoms with Crippen molar-refractivity contribution >= 4 is 27.6 Å². The first-order valence-corrected chi connectivity index (χ1v) is 7.08. The molecule has 0 radical (unpaired) electrons. The maximum Gasteiger partial charge on any atom is 0.266 e. The van der Waals surface area contributed by atoms with E-state index in [1.165, 1.54) is 0 Å². The summed E-state index contributed by atoms with van der Waals surface area (Å²) in [6.07, 6.45) is 1.61.